The van der Waals surface area contributed by atoms with Crippen molar-refractivity contribution in [3.63, 3.8) is 0 Å². The van der Waals surface area contributed by atoms with E-state index in [1.165, 1.54) is 16.1 Å². The summed E-state index contributed by atoms with van der Waals surface area (Å²) in [4.78, 5) is 0. The van der Waals surface area contributed by atoms with Gasteiger partial charge in [-0.2, -0.15) is 0 Å². The quantitative estimate of drug-likeness (QED) is 0.921. The molecule has 0 saturated heterocycles. The Morgan fingerprint density at radius 2 is 1.89 bits per heavy atom. The molecule has 1 aliphatic rings. The number of hydrogen-bond donors (Lipinski definition) is 1. The van der Waals surface area contributed by atoms with E-state index < -0.39 is 0 Å². The minimum absolute atomic E-state index is 0.292. The van der Waals surface area contributed by atoms with Gasteiger partial charge in [0.2, 0.25) is 0 Å². The van der Waals surface area contributed by atoms with Gasteiger partial charge in [-0.25, -0.2) is 0 Å². The first kappa shape index (κ1) is 11.8. The molecule has 3 nitrogen and oxygen atoms in total. The fourth-order valence-corrected chi connectivity index (χ4v) is 3.45. The lowest BCUT2D eigenvalue weighted by molar-refractivity contribution is 0.637. The second-order valence-electron chi connectivity index (χ2n) is 4.86. The van der Waals surface area contributed by atoms with Gasteiger partial charge in [0.1, 0.15) is 10.0 Å². The summed E-state index contributed by atoms with van der Waals surface area (Å²) in [6, 6.07) is 8.99. The lowest BCUT2D eigenvalue weighted by Gasteiger charge is -2.04. The predicted octanol–water partition coefficient (Wildman–Crippen LogP) is 2.70. The molecule has 1 heterocycles. The van der Waals surface area contributed by atoms with Gasteiger partial charge in [-0.3, -0.25) is 0 Å². The van der Waals surface area contributed by atoms with E-state index in [1.807, 2.05) is 7.05 Å². The average Bonchev–Trinajstić information content (AvgIpc) is 3.03. The van der Waals surface area contributed by atoms with E-state index in [2.05, 4.69) is 46.7 Å². The van der Waals surface area contributed by atoms with Crippen molar-refractivity contribution in [2.75, 3.05) is 7.05 Å². The molecule has 1 aromatic carbocycles. The zero-order chi connectivity index (χ0) is 12.5. The molecule has 0 saturated carbocycles. The van der Waals surface area contributed by atoms with Crippen LogP contribution in [0.5, 0.6) is 0 Å². The van der Waals surface area contributed by atoms with Gasteiger partial charge in [0.05, 0.1) is 6.04 Å². The minimum Gasteiger partial charge on any atom is -0.311 e. The van der Waals surface area contributed by atoms with Crippen LogP contribution in [-0.2, 0) is 12.8 Å². The van der Waals surface area contributed by atoms with E-state index in [-0.39, 0.29) is 0 Å². The largest absolute Gasteiger partial charge is 0.311 e. The Morgan fingerprint density at radius 3 is 2.50 bits per heavy atom. The third-order valence-corrected chi connectivity index (χ3v) is 4.93. The monoisotopic (exact) mass is 259 g/mol. The van der Waals surface area contributed by atoms with Gasteiger partial charge < -0.3 is 5.32 Å². The molecular weight excluding hydrogens is 242 g/mol. The summed E-state index contributed by atoms with van der Waals surface area (Å²) < 4.78 is 0. The summed E-state index contributed by atoms with van der Waals surface area (Å²) in [5.41, 5.74) is 2.95. The first-order valence-electron chi connectivity index (χ1n) is 6.35. The van der Waals surface area contributed by atoms with Crippen molar-refractivity contribution in [3.8, 4) is 0 Å². The molecule has 18 heavy (non-hydrogen) atoms. The lowest BCUT2D eigenvalue weighted by atomic mass is 10.1. The standard InChI is InChI=1S/C14H17N3S/c1-9(15-2)13-16-17-14(18-13)12-7-10-5-3-4-6-11(10)8-12/h3-6,9,12,15H,7-8H2,1-2H3. The summed E-state index contributed by atoms with van der Waals surface area (Å²) in [6.07, 6.45) is 2.22. The van der Waals surface area contributed by atoms with Crippen molar-refractivity contribution < 1.29 is 0 Å². The molecule has 1 unspecified atom stereocenters. The van der Waals surface area contributed by atoms with Crippen molar-refractivity contribution in [1.29, 1.82) is 0 Å². The summed E-state index contributed by atoms with van der Waals surface area (Å²) in [7, 11) is 1.96. The van der Waals surface area contributed by atoms with Gasteiger partial charge >= 0.3 is 0 Å². The topological polar surface area (TPSA) is 37.8 Å². The number of aromatic nitrogens is 2. The van der Waals surface area contributed by atoms with Crippen molar-refractivity contribution in [1.82, 2.24) is 15.5 Å². The van der Waals surface area contributed by atoms with Crippen LogP contribution in [0, 0.1) is 0 Å². The van der Waals surface area contributed by atoms with E-state index in [4.69, 9.17) is 0 Å². The molecule has 0 aliphatic heterocycles. The zero-order valence-electron chi connectivity index (χ0n) is 10.7. The second kappa shape index (κ2) is 4.78. The highest BCUT2D eigenvalue weighted by Gasteiger charge is 2.26. The highest BCUT2D eigenvalue weighted by molar-refractivity contribution is 7.11. The van der Waals surface area contributed by atoms with Crippen LogP contribution in [0.1, 0.15) is 40.0 Å². The molecule has 4 heteroatoms. The molecule has 3 rings (SSSR count). The van der Waals surface area contributed by atoms with Crippen molar-refractivity contribution in [3.05, 3.63) is 45.4 Å². The van der Waals surface area contributed by atoms with Gasteiger partial charge in [-0.15, -0.1) is 10.2 Å². The van der Waals surface area contributed by atoms with Crippen LogP contribution < -0.4 is 5.32 Å². The van der Waals surface area contributed by atoms with Crippen LogP contribution in [0.3, 0.4) is 0 Å². The van der Waals surface area contributed by atoms with Gasteiger partial charge in [0.25, 0.3) is 0 Å². The average molecular weight is 259 g/mol. The lowest BCUT2D eigenvalue weighted by Crippen LogP contribution is -2.11. The fraction of sp³-hybridized carbons (Fsp3) is 0.429. The number of nitrogens with zero attached hydrogens (tertiary/aromatic N) is 2. The van der Waals surface area contributed by atoms with Crippen LogP contribution >= 0.6 is 11.3 Å². The molecule has 94 valence electrons. The van der Waals surface area contributed by atoms with Crippen LogP contribution in [0.4, 0.5) is 0 Å². The number of fused-ring (bicyclic) bond motifs is 1. The Morgan fingerprint density at radius 1 is 1.22 bits per heavy atom. The Labute approximate surface area is 111 Å². The maximum absolute atomic E-state index is 4.38. The maximum Gasteiger partial charge on any atom is 0.134 e. The molecule has 0 amide bonds. The van der Waals surface area contributed by atoms with Crippen molar-refractivity contribution in [2.24, 2.45) is 0 Å². The van der Waals surface area contributed by atoms with Gasteiger partial charge in [-0.1, -0.05) is 35.6 Å². The third kappa shape index (κ3) is 2.06. The highest BCUT2D eigenvalue weighted by atomic mass is 32.1. The van der Waals surface area contributed by atoms with Crippen LogP contribution in [-0.4, -0.2) is 17.2 Å². The second-order valence-corrected chi connectivity index (χ2v) is 5.90. The summed E-state index contributed by atoms with van der Waals surface area (Å²) >= 11 is 1.75. The summed E-state index contributed by atoms with van der Waals surface area (Å²) in [5.74, 6) is 0.526. The molecule has 0 spiro atoms. The van der Waals surface area contributed by atoms with Crippen LogP contribution in [0.2, 0.25) is 0 Å². The van der Waals surface area contributed by atoms with E-state index in [1.54, 1.807) is 11.3 Å². The normalized spacial score (nSPS) is 16.8. The summed E-state index contributed by atoms with van der Waals surface area (Å²) in [6.45, 7) is 2.12. The first-order chi connectivity index (χ1) is 8.78. The Bertz CT molecular complexity index is 524. The molecular formula is C14H17N3S. The Balaban J connectivity index is 1.80. The smallest absolute Gasteiger partial charge is 0.134 e. The number of benzene rings is 1. The molecule has 1 aliphatic carbocycles. The predicted molar refractivity (Wildman–Crippen MR) is 74.0 cm³/mol. The molecule has 1 atom stereocenters. The van der Waals surface area contributed by atoms with Crippen LogP contribution in [0.15, 0.2) is 24.3 Å². The number of nitrogens with one attached hydrogen (secondary N) is 1. The van der Waals surface area contributed by atoms with Crippen LogP contribution in [0.25, 0.3) is 0 Å². The van der Waals surface area contributed by atoms with Gasteiger partial charge in [0, 0.05) is 5.92 Å². The van der Waals surface area contributed by atoms with Crippen molar-refractivity contribution in [2.45, 2.75) is 31.7 Å². The Kier molecular flexibility index (Phi) is 3.14. The molecule has 1 aromatic heterocycles. The molecule has 0 bridgehead atoms. The third-order valence-electron chi connectivity index (χ3n) is 3.66. The molecule has 1 N–H and O–H groups in total. The Hall–Kier alpha value is -1.26. The maximum atomic E-state index is 4.38. The number of hydrogen-bond acceptors (Lipinski definition) is 4. The van der Waals surface area contributed by atoms with E-state index >= 15 is 0 Å². The SMILES string of the molecule is CNC(C)c1nnc(C2Cc3ccccc3C2)s1. The first-order valence-corrected chi connectivity index (χ1v) is 7.17. The highest BCUT2D eigenvalue weighted by Crippen LogP contribution is 2.35. The minimum atomic E-state index is 0.292. The fourth-order valence-electron chi connectivity index (χ4n) is 2.44. The molecule has 2 aromatic rings. The number of rotatable bonds is 3. The van der Waals surface area contributed by atoms with E-state index in [0.717, 1.165) is 17.8 Å². The van der Waals surface area contributed by atoms with E-state index in [0.29, 0.717) is 12.0 Å². The molecule has 0 fully saturated rings. The summed E-state index contributed by atoms with van der Waals surface area (Å²) in [5, 5.41) is 14.2. The van der Waals surface area contributed by atoms with Crippen molar-refractivity contribution >= 4 is 11.3 Å². The van der Waals surface area contributed by atoms with Gasteiger partial charge in [0.15, 0.2) is 0 Å². The van der Waals surface area contributed by atoms with Gasteiger partial charge in [-0.05, 0) is 37.9 Å². The zero-order valence-corrected chi connectivity index (χ0v) is 11.5. The van der Waals surface area contributed by atoms with E-state index in [9.17, 15) is 0 Å². The molecule has 0 radical (unpaired) electrons.